The summed E-state index contributed by atoms with van der Waals surface area (Å²) in [6.07, 6.45) is 2.98. The first-order valence-electron chi connectivity index (χ1n) is 11.1. The molecule has 9 heteroatoms. The molecule has 0 unspecified atom stereocenters. The third-order valence-electron chi connectivity index (χ3n) is 5.99. The van der Waals surface area contributed by atoms with Gasteiger partial charge in [0.15, 0.2) is 0 Å². The average Bonchev–Trinajstić information content (AvgIpc) is 2.84. The van der Waals surface area contributed by atoms with E-state index in [0.29, 0.717) is 41.4 Å². The maximum absolute atomic E-state index is 14.9. The minimum Gasteiger partial charge on any atom is -0.322 e. The van der Waals surface area contributed by atoms with Gasteiger partial charge >= 0.3 is 0 Å². The third kappa shape index (κ3) is 4.59. The van der Waals surface area contributed by atoms with Gasteiger partial charge in [0.1, 0.15) is 5.82 Å². The van der Waals surface area contributed by atoms with E-state index in [9.17, 15) is 17.6 Å². The number of rotatable bonds is 4. The number of pyridine rings is 1. The number of anilines is 2. The van der Waals surface area contributed by atoms with Crippen LogP contribution in [-0.2, 0) is 10.0 Å². The van der Waals surface area contributed by atoms with Crippen LogP contribution >= 0.6 is 11.6 Å². The summed E-state index contributed by atoms with van der Waals surface area (Å²) >= 11 is 6.46. The Bertz CT molecular complexity index is 1550. The van der Waals surface area contributed by atoms with Crippen molar-refractivity contribution < 1.29 is 17.6 Å². The van der Waals surface area contributed by atoms with Gasteiger partial charge in [-0.2, -0.15) is 0 Å². The van der Waals surface area contributed by atoms with Gasteiger partial charge in [0, 0.05) is 29.4 Å². The van der Waals surface area contributed by atoms with Crippen LogP contribution in [0.4, 0.5) is 15.8 Å². The van der Waals surface area contributed by atoms with Crippen LogP contribution in [0.5, 0.6) is 0 Å². The monoisotopic (exact) mass is 509 g/mol. The zero-order valence-corrected chi connectivity index (χ0v) is 20.1. The molecule has 0 saturated carbocycles. The second kappa shape index (κ2) is 9.28. The van der Waals surface area contributed by atoms with Crippen molar-refractivity contribution >= 4 is 49.7 Å². The van der Waals surface area contributed by atoms with Gasteiger partial charge in [-0.3, -0.25) is 14.1 Å². The lowest BCUT2D eigenvalue weighted by molar-refractivity contribution is 0.102. The van der Waals surface area contributed by atoms with Crippen LogP contribution < -0.4 is 9.62 Å². The summed E-state index contributed by atoms with van der Waals surface area (Å²) in [5.41, 5.74) is 1.75. The van der Waals surface area contributed by atoms with Crippen LogP contribution in [-0.4, -0.2) is 31.6 Å². The highest BCUT2D eigenvalue weighted by Crippen LogP contribution is 2.34. The van der Waals surface area contributed by atoms with Gasteiger partial charge < -0.3 is 5.32 Å². The first-order valence-corrected chi connectivity index (χ1v) is 13.1. The fourth-order valence-electron chi connectivity index (χ4n) is 4.24. The van der Waals surface area contributed by atoms with Gasteiger partial charge in [-0.1, -0.05) is 35.9 Å². The number of carbonyl (C=O) groups is 1. The van der Waals surface area contributed by atoms with Crippen molar-refractivity contribution in [2.75, 3.05) is 21.9 Å². The molecule has 3 aromatic carbocycles. The molecule has 0 aliphatic carbocycles. The summed E-state index contributed by atoms with van der Waals surface area (Å²) in [4.78, 5) is 17.3. The van der Waals surface area contributed by atoms with E-state index in [-0.39, 0.29) is 17.0 Å². The Morgan fingerprint density at radius 2 is 1.86 bits per heavy atom. The third-order valence-corrected chi connectivity index (χ3v) is 8.19. The molecule has 35 heavy (non-hydrogen) atoms. The largest absolute Gasteiger partial charge is 0.322 e. The molecule has 1 saturated heterocycles. The Morgan fingerprint density at radius 3 is 2.66 bits per heavy atom. The Morgan fingerprint density at radius 1 is 1.03 bits per heavy atom. The van der Waals surface area contributed by atoms with Crippen molar-refractivity contribution in [3.8, 4) is 11.3 Å². The van der Waals surface area contributed by atoms with E-state index in [4.69, 9.17) is 11.6 Å². The normalized spacial score (nSPS) is 15.2. The molecule has 0 radical (unpaired) electrons. The van der Waals surface area contributed by atoms with Gasteiger partial charge in [0.25, 0.3) is 5.91 Å². The predicted octanol–water partition coefficient (Wildman–Crippen LogP) is 5.88. The molecule has 5 rings (SSSR count). The molecular formula is C26H21ClFN3O3S. The fraction of sp³-hybridized carbons (Fsp3) is 0.154. The summed E-state index contributed by atoms with van der Waals surface area (Å²) in [7, 11) is -3.48. The second-order valence-corrected chi connectivity index (χ2v) is 10.7. The van der Waals surface area contributed by atoms with Crippen molar-refractivity contribution in [3.05, 3.63) is 89.3 Å². The molecule has 1 aliphatic rings. The zero-order chi connectivity index (χ0) is 24.6. The second-order valence-electron chi connectivity index (χ2n) is 8.29. The Labute approximate surface area is 207 Å². The van der Waals surface area contributed by atoms with Crippen LogP contribution in [0.25, 0.3) is 22.0 Å². The smallest absolute Gasteiger partial charge is 0.258 e. The van der Waals surface area contributed by atoms with E-state index in [1.54, 1.807) is 24.4 Å². The lowest BCUT2D eigenvalue weighted by atomic mass is 10.0. The van der Waals surface area contributed by atoms with Crippen LogP contribution in [0.15, 0.2) is 72.9 Å². The topological polar surface area (TPSA) is 79.4 Å². The molecule has 1 aliphatic heterocycles. The summed E-state index contributed by atoms with van der Waals surface area (Å²) < 4.78 is 40.7. The maximum Gasteiger partial charge on any atom is 0.258 e. The van der Waals surface area contributed by atoms with Gasteiger partial charge in [-0.15, -0.1) is 0 Å². The molecule has 1 aromatic heterocycles. The molecule has 0 spiro atoms. The first kappa shape index (κ1) is 23.3. The van der Waals surface area contributed by atoms with Gasteiger partial charge in [0.05, 0.1) is 27.7 Å². The van der Waals surface area contributed by atoms with E-state index < -0.39 is 21.7 Å². The number of benzene rings is 3. The summed E-state index contributed by atoms with van der Waals surface area (Å²) in [5.74, 6) is -1.43. The lowest BCUT2D eigenvalue weighted by Gasteiger charge is -2.28. The van der Waals surface area contributed by atoms with Crippen molar-refractivity contribution in [1.82, 2.24) is 4.98 Å². The molecule has 6 nitrogen and oxygen atoms in total. The van der Waals surface area contributed by atoms with Crippen LogP contribution in [0, 0.1) is 5.82 Å². The molecule has 4 aromatic rings. The van der Waals surface area contributed by atoms with E-state index in [2.05, 4.69) is 10.3 Å². The number of sulfonamides is 1. The van der Waals surface area contributed by atoms with E-state index in [1.165, 1.54) is 16.4 Å². The lowest BCUT2D eigenvalue weighted by Crippen LogP contribution is -2.37. The molecule has 1 amide bonds. The predicted molar refractivity (Wildman–Crippen MR) is 137 cm³/mol. The number of nitrogens with zero attached hydrogens (tertiary/aromatic N) is 2. The fourth-order valence-corrected chi connectivity index (χ4v) is 6.08. The van der Waals surface area contributed by atoms with Crippen molar-refractivity contribution in [1.29, 1.82) is 0 Å². The SMILES string of the molecule is O=C(Nc1ccc(Cl)c(-c2nccc3ccccc23)c1)c1ccc(N2CCCCS2(=O)=O)cc1F. The summed E-state index contributed by atoms with van der Waals surface area (Å²) in [5, 5.41) is 5.08. The van der Waals surface area contributed by atoms with Crippen LogP contribution in [0.2, 0.25) is 5.02 Å². The summed E-state index contributed by atoms with van der Waals surface area (Å²) in [6.45, 7) is 0.295. The quantitative estimate of drug-likeness (QED) is 0.373. The van der Waals surface area contributed by atoms with Crippen molar-refractivity contribution in [2.24, 2.45) is 0 Å². The van der Waals surface area contributed by atoms with Crippen molar-refractivity contribution in [2.45, 2.75) is 12.8 Å². The van der Waals surface area contributed by atoms with Gasteiger partial charge in [-0.05, 0) is 60.7 Å². The van der Waals surface area contributed by atoms with E-state index in [0.717, 1.165) is 16.8 Å². The molecular weight excluding hydrogens is 489 g/mol. The summed E-state index contributed by atoms with van der Waals surface area (Å²) in [6, 6.07) is 18.5. The maximum atomic E-state index is 14.9. The highest BCUT2D eigenvalue weighted by atomic mass is 35.5. The molecule has 0 atom stereocenters. The van der Waals surface area contributed by atoms with Gasteiger partial charge in [-0.25, -0.2) is 12.8 Å². The zero-order valence-electron chi connectivity index (χ0n) is 18.5. The Balaban J connectivity index is 1.43. The number of aromatic nitrogens is 1. The van der Waals surface area contributed by atoms with Crippen LogP contribution in [0.1, 0.15) is 23.2 Å². The highest BCUT2D eigenvalue weighted by Gasteiger charge is 2.27. The van der Waals surface area contributed by atoms with Crippen molar-refractivity contribution in [3.63, 3.8) is 0 Å². The Kier molecular flexibility index (Phi) is 6.17. The minimum atomic E-state index is -3.48. The number of halogens is 2. The average molecular weight is 510 g/mol. The highest BCUT2D eigenvalue weighted by molar-refractivity contribution is 7.92. The number of fused-ring (bicyclic) bond motifs is 1. The molecule has 2 heterocycles. The number of hydrogen-bond donors (Lipinski definition) is 1. The number of nitrogens with one attached hydrogen (secondary N) is 1. The minimum absolute atomic E-state index is 0.0291. The van der Waals surface area contributed by atoms with E-state index >= 15 is 0 Å². The standard InChI is InChI=1S/C26H21ClFN3O3S/c27-23-10-7-18(15-22(23)25-20-6-2-1-5-17(20)11-12-29-25)30-26(32)21-9-8-19(16-24(21)28)31-13-3-4-14-35(31,33)34/h1-2,5-12,15-16H,3-4,13-14H2,(H,30,32). The molecule has 1 fully saturated rings. The van der Waals surface area contributed by atoms with Crippen LogP contribution in [0.3, 0.4) is 0 Å². The van der Waals surface area contributed by atoms with Gasteiger partial charge in [0.2, 0.25) is 10.0 Å². The number of amides is 1. The first-order chi connectivity index (χ1) is 16.8. The number of hydrogen-bond acceptors (Lipinski definition) is 4. The molecule has 0 bridgehead atoms. The molecule has 178 valence electrons. The Hall–Kier alpha value is -3.49. The molecule has 1 N–H and O–H groups in total. The number of carbonyl (C=O) groups excluding carboxylic acids is 1. The van der Waals surface area contributed by atoms with E-state index in [1.807, 2.05) is 30.3 Å².